The summed E-state index contributed by atoms with van der Waals surface area (Å²) in [7, 11) is 3.23. The number of halogens is 1. The highest BCUT2D eigenvalue weighted by Gasteiger charge is 2.14. The van der Waals surface area contributed by atoms with E-state index in [1.54, 1.807) is 14.2 Å². The summed E-state index contributed by atoms with van der Waals surface area (Å²) in [6, 6.07) is 9.67. The van der Waals surface area contributed by atoms with Gasteiger partial charge < -0.3 is 20.5 Å². The zero-order valence-corrected chi connectivity index (χ0v) is 16.2. The van der Waals surface area contributed by atoms with Crippen molar-refractivity contribution in [3.05, 3.63) is 46.1 Å². The smallest absolute Gasteiger partial charge is 0.162 e. The molecule has 0 amide bonds. The quantitative estimate of drug-likeness (QED) is 0.604. The lowest BCUT2D eigenvalue weighted by Crippen LogP contribution is -2.00. The molecule has 0 unspecified atom stereocenters. The first kappa shape index (κ1) is 17.4. The molecule has 0 aliphatic heterocycles. The van der Waals surface area contributed by atoms with Crippen molar-refractivity contribution < 1.29 is 9.47 Å². The molecule has 0 fully saturated rings. The zero-order valence-electron chi connectivity index (χ0n) is 14.6. The van der Waals surface area contributed by atoms with E-state index >= 15 is 0 Å². The van der Waals surface area contributed by atoms with Gasteiger partial charge in [-0.1, -0.05) is 0 Å². The predicted molar refractivity (Wildman–Crippen MR) is 106 cm³/mol. The van der Waals surface area contributed by atoms with Crippen molar-refractivity contribution in [2.75, 3.05) is 25.3 Å². The van der Waals surface area contributed by atoms with Gasteiger partial charge in [-0.25, -0.2) is 0 Å². The largest absolute Gasteiger partial charge is 0.493 e. The van der Waals surface area contributed by atoms with Gasteiger partial charge >= 0.3 is 0 Å². The van der Waals surface area contributed by atoms with Crippen LogP contribution in [0.15, 0.2) is 34.8 Å². The summed E-state index contributed by atoms with van der Waals surface area (Å²) >= 11 is 3.53. The van der Waals surface area contributed by atoms with Gasteiger partial charge in [0.25, 0.3) is 0 Å². The second-order valence-electron chi connectivity index (χ2n) is 5.82. The highest BCUT2D eigenvalue weighted by Crippen LogP contribution is 2.38. The van der Waals surface area contributed by atoms with Gasteiger partial charge in [0.15, 0.2) is 11.5 Å². The lowest BCUT2D eigenvalue weighted by atomic mass is 10.1. The normalized spacial score (nSPS) is 10.8. The average Bonchev–Trinajstić information content (AvgIpc) is 2.59. The number of anilines is 3. The van der Waals surface area contributed by atoms with E-state index in [4.69, 9.17) is 15.2 Å². The van der Waals surface area contributed by atoms with Gasteiger partial charge in [0.2, 0.25) is 0 Å². The molecule has 0 bridgehead atoms. The molecule has 1 heterocycles. The van der Waals surface area contributed by atoms with Crippen LogP contribution in [0.4, 0.5) is 17.1 Å². The van der Waals surface area contributed by atoms with Crippen LogP contribution in [-0.2, 0) is 0 Å². The van der Waals surface area contributed by atoms with Crippen molar-refractivity contribution in [3.8, 4) is 11.5 Å². The standard InChI is InChI=1S/C19H20BrN3O2/c1-10-7-13(20)18(21)17-14(8-11(2)22-19(10)17)23-12-5-6-15(24-3)16(9-12)25-4/h5-9H,21H2,1-4H3,(H,22,23). The fourth-order valence-corrected chi connectivity index (χ4v) is 3.40. The predicted octanol–water partition coefficient (Wildman–Crippen LogP) is 4.96. The van der Waals surface area contributed by atoms with Crippen LogP contribution < -0.4 is 20.5 Å². The molecular weight excluding hydrogens is 382 g/mol. The lowest BCUT2D eigenvalue weighted by Gasteiger charge is -2.16. The number of aryl methyl sites for hydroxylation is 2. The Bertz CT molecular complexity index is 957. The van der Waals surface area contributed by atoms with Crippen molar-refractivity contribution in [3.63, 3.8) is 0 Å². The summed E-state index contributed by atoms with van der Waals surface area (Å²) in [6.07, 6.45) is 0. The van der Waals surface area contributed by atoms with E-state index in [-0.39, 0.29) is 0 Å². The van der Waals surface area contributed by atoms with Crippen LogP contribution in [0.1, 0.15) is 11.3 Å². The minimum absolute atomic E-state index is 0.660. The summed E-state index contributed by atoms with van der Waals surface area (Å²) in [5.41, 5.74) is 11.6. The first-order valence-electron chi connectivity index (χ1n) is 7.79. The Morgan fingerprint density at radius 2 is 1.76 bits per heavy atom. The second-order valence-corrected chi connectivity index (χ2v) is 6.67. The fourth-order valence-electron chi connectivity index (χ4n) is 2.85. The lowest BCUT2D eigenvalue weighted by molar-refractivity contribution is 0.355. The highest BCUT2D eigenvalue weighted by molar-refractivity contribution is 9.10. The van der Waals surface area contributed by atoms with Crippen LogP contribution in [-0.4, -0.2) is 19.2 Å². The number of nitrogens with one attached hydrogen (secondary N) is 1. The molecule has 0 radical (unpaired) electrons. The number of nitrogens with two attached hydrogens (primary N) is 1. The summed E-state index contributed by atoms with van der Waals surface area (Å²) in [6.45, 7) is 4.00. The van der Waals surface area contributed by atoms with Crippen molar-refractivity contribution in [1.29, 1.82) is 0 Å². The minimum Gasteiger partial charge on any atom is -0.493 e. The molecule has 0 saturated heterocycles. The molecule has 0 spiro atoms. The van der Waals surface area contributed by atoms with Crippen molar-refractivity contribution in [2.45, 2.75) is 13.8 Å². The van der Waals surface area contributed by atoms with Crippen LogP contribution in [0, 0.1) is 13.8 Å². The van der Waals surface area contributed by atoms with E-state index < -0.39 is 0 Å². The number of methoxy groups -OCH3 is 2. The Hall–Kier alpha value is -2.47. The monoisotopic (exact) mass is 401 g/mol. The second kappa shape index (κ2) is 6.80. The summed E-state index contributed by atoms with van der Waals surface area (Å²) in [5, 5.41) is 4.33. The van der Waals surface area contributed by atoms with Crippen molar-refractivity contribution in [1.82, 2.24) is 4.98 Å². The number of ether oxygens (including phenoxy) is 2. The highest BCUT2D eigenvalue weighted by atomic mass is 79.9. The molecule has 3 N–H and O–H groups in total. The average molecular weight is 402 g/mol. The molecule has 1 aromatic heterocycles. The van der Waals surface area contributed by atoms with Gasteiger partial charge in [-0.05, 0) is 59.6 Å². The summed E-state index contributed by atoms with van der Waals surface area (Å²) < 4.78 is 11.5. The van der Waals surface area contributed by atoms with Crippen molar-refractivity contribution in [2.24, 2.45) is 0 Å². The third-order valence-electron chi connectivity index (χ3n) is 4.05. The molecule has 0 saturated carbocycles. The Morgan fingerprint density at radius 3 is 2.44 bits per heavy atom. The van der Waals surface area contributed by atoms with Gasteiger partial charge in [0, 0.05) is 27.3 Å². The summed E-state index contributed by atoms with van der Waals surface area (Å²) in [4.78, 5) is 4.65. The van der Waals surface area contributed by atoms with Gasteiger partial charge in [-0.15, -0.1) is 0 Å². The Kier molecular flexibility index (Phi) is 4.72. The first-order chi connectivity index (χ1) is 11.9. The number of hydrogen-bond donors (Lipinski definition) is 2. The van der Waals surface area contributed by atoms with E-state index in [9.17, 15) is 0 Å². The molecule has 0 atom stereocenters. The molecule has 6 heteroatoms. The van der Waals surface area contributed by atoms with Crippen LogP contribution in [0.3, 0.4) is 0 Å². The van der Waals surface area contributed by atoms with Crippen LogP contribution in [0.5, 0.6) is 11.5 Å². The van der Waals surface area contributed by atoms with Gasteiger partial charge in [-0.3, -0.25) is 4.98 Å². The molecule has 5 nitrogen and oxygen atoms in total. The molecule has 130 valence electrons. The maximum atomic E-state index is 6.32. The molecule has 3 aromatic rings. The molecule has 3 rings (SSSR count). The number of nitrogens with zero attached hydrogens (tertiary/aromatic N) is 1. The van der Waals surface area contributed by atoms with Gasteiger partial charge in [0.1, 0.15) is 0 Å². The number of fused-ring (bicyclic) bond motifs is 1. The topological polar surface area (TPSA) is 69.4 Å². The Morgan fingerprint density at radius 1 is 1.04 bits per heavy atom. The molecule has 0 aliphatic carbocycles. The van der Waals surface area contributed by atoms with E-state index in [0.717, 1.165) is 38.0 Å². The maximum absolute atomic E-state index is 6.32. The third kappa shape index (κ3) is 3.22. The van der Waals surface area contributed by atoms with Crippen molar-refractivity contribution >= 4 is 43.9 Å². The number of aromatic nitrogens is 1. The van der Waals surface area contributed by atoms with E-state index in [0.29, 0.717) is 17.2 Å². The Balaban J connectivity index is 2.16. The first-order valence-corrected chi connectivity index (χ1v) is 8.59. The molecule has 25 heavy (non-hydrogen) atoms. The minimum atomic E-state index is 0.660. The van der Waals surface area contributed by atoms with E-state index in [1.165, 1.54) is 0 Å². The molecule has 2 aromatic carbocycles. The summed E-state index contributed by atoms with van der Waals surface area (Å²) in [5.74, 6) is 1.34. The van der Waals surface area contributed by atoms with Gasteiger partial charge in [0.05, 0.1) is 31.1 Å². The number of rotatable bonds is 4. The SMILES string of the molecule is COc1ccc(Nc2cc(C)nc3c(C)cc(Br)c(N)c23)cc1OC. The zero-order chi connectivity index (χ0) is 18.1. The number of benzene rings is 2. The fraction of sp³-hybridized carbons (Fsp3) is 0.211. The van der Waals surface area contributed by atoms with E-state index in [2.05, 4.69) is 26.2 Å². The van der Waals surface area contributed by atoms with Crippen LogP contribution >= 0.6 is 15.9 Å². The number of pyridine rings is 1. The molecular formula is C19H20BrN3O2. The Labute approximate surface area is 155 Å². The van der Waals surface area contributed by atoms with Gasteiger partial charge in [-0.2, -0.15) is 0 Å². The molecule has 0 aliphatic rings. The third-order valence-corrected chi connectivity index (χ3v) is 4.71. The number of hydrogen-bond acceptors (Lipinski definition) is 5. The van der Waals surface area contributed by atoms with Crippen LogP contribution in [0.25, 0.3) is 10.9 Å². The van der Waals surface area contributed by atoms with Crippen LogP contribution in [0.2, 0.25) is 0 Å². The number of nitrogen functional groups attached to an aromatic ring is 1. The van der Waals surface area contributed by atoms with E-state index in [1.807, 2.05) is 44.2 Å². The maximum Gasteiger partial charge on any atom is 0.162 e.